The number of hydrogen-bond donors (Lipinski definition) is 2. The molecule has 0 bridgehead atoms. The van der Waals surface area contributed by atoms with Crippen LogP contribution in [0.4, 0.5) is 0 Å². The van der Waals surface area contributed by atoms with E-state index >= 15 is 0 Å². The van der Waals surface area contributed by atoms with E-state index in [1.54, 1.807) is 0 Å². The van der Waals surface area contributed by atoms with Gasteiger partial charge >= 0.3 is 17.9 Å². The first-order valence-corrected chi connectivity index (χ1v) is 10.5. The van der Waals surface area contributed by atoms with Crippen molar-refractivity contribution in [2.75, 3.05) is 7.11 Å². The highest BCUT2D eigenvalue weighted by Crippen LogP contribution is 2.13. The molecule has 6 nitrogen and oxygen atoms in total. The molecule has 0 aliphatic rings. The zero-order chi connectivity index (χ0) is 20.8. The third kappa shape index (κ3) is 26.7. The number of rotatable bonds is 16. The molecule has 2 N–H and O–H groups in total. The number of carboxylic acid groups (broad SMARTS) is 2. The summed E-state index contributed by atoms with van der Waals surface area (Å²) in [5.74, 6) is -3.46. The van der Waals surface area contributed by atoms with Crippen LogP contribution >= 0.6 is 0 Å². The van der Waals surface area contributed by atoms with E-state index in [9.17, 15) is 14.4 Å². The number of aliphatic carboxylic acids is 2. The number of hydrogen-bond acceptors (Lipinski definition) is 4. The fourth-order valence-electron chi connectivity index (χ4n) is 2.73. The summed E-state index contributed by atoms with van der Waals surface area (Å²) in [7, 11) is 1.01. The third-order valence-electron chi connectivity index (χ3n) is 4.35. The second-order valence-electron chi connectivity index (χ2n) is 6.89. The van der Waals surface area contributed by atoms with E-state index < -0.39 is 17.9 Å². The van der Waals surface area contributed by atoms with Crippen molar-refractivity contribution in [1.82, 2.24) is 0 Å². The molecule has 0 radical (unpaired) electrons. The van der Waals surface area contributed by atoms with Crippen LogP contribution in [-0.2, 0) is 19.1 Å². The first-order chi connectivity index (χ1) is 13.0. The van der Waals surface area contributed by atoms with Crippen molar-refractivity contribution in [2.24, 2.45) is 0 Å². The van der Waals surface area contributed by atoms with E-state index in [4.69, 9.17) is 10.2 Å². The summed E-state index contributed by atoms with van der Waals surface area (Å²) in [6.07, 6.45) is 20.2. The Bertz CT molecular complexity index is 368. The molecule has 27 heavy (non-hydrogen) atoms. The minimum Gasteiger partial charge on any atom is -0.481 e. The summed E-state index contributed by atoms with van der Waals surface area (Å²) in [6.45, 7) is 2.27. The lowest BCUT2D eigenvalue weighted by molar-refractivity contribution is -0.161. The molecule has 0 saturated heterocycles. The van der Waals surface area contributed by atoms with Gasteiger partial charge in [0.2, 0.25) is 0 Å². The Morgan fingerprint density at radius 1 is 0.630 bits per heavy atom. The van der Waals surface area contributed by atoms with Gasteiger partial charge in [0.1, 0.15) is 0 Å². The van der Waals surface area contributed by atoms with Crippen LogP contribution in [0.25, 0.3) is 0 Å². The fourth-order valence-corrected chi connectivity index (χ4v) is 2.73. The van der Waals surface area contributed by atoms with E-state index in [2.05, 4.69) is 11.7 Å². The van der Waals surface area contributed by atoms with Gasteiger partial charge in [-0.25, -0.2) is 9.59 Å². The highest BCUT2D eigenvalue weighted by molar-refractivity contribution is 6.28. The van der Waals surface area contributed by atoms with Crippen molar-refractivity contribution in [3.63, 3.8) is 0 Å². The van der Waals surface area contributed by atoms with Crippen molar-refractivity contribution in [3.8, 4) is 0 Å². The minimum atomic E-state index is -1.57. The quantitative estimate of drug-likeness (QED) is 0.203. The van der Waals surface area contributed by atoms with Crippen LogP contribution in [0.3, 0.4) is 0 Å². The average molecular weight is 389 g/mol. The maximum absolute atomic E-state index is 10.3. The summed E-state index contributed by atoms with van der Waals surface area (Å²) < 4.78 is 3.77. The largest absolute Gasteiger partial charge is 0.481 e. The van der Waals surface area contributed by atoms with Crippen LogP contribution in [0.1, 0.15) is 110 Å². The molecule has 0 rings (SSSR count). The third-order valence-corrected chi connectivity index (χ3v) is 4.35. The molecular weight excluding hydrogens is 348 g/mol. The second-order valence-corrected chi connectivity index (χ2v) is 6.89. The van der Waals surface area contributed by atoms with Gasteiger partial charge in [-0.05, 0) is 6.42 Å². The van der Waals surface area contributed by atoms with E-state index in [1.807, 2.05) is 0 Å². The molecule has 0 aliphatic carbocycles. The number of unbranched alkanes of at least 4 members (excludes halogenated alkanes) is 14. The van der Waals surface area contributed by atoms with Gasteiger partial charge in [-0.15, -0.1) is 0 Å². The predicted molar refractivity (Wildman–Crippen MR) is 107 cm³/mol. The SMILES string of the molecule is CCCCCCCCCCCCCCCCCC(=O)O.COC(=O)C(=O)O. The van der Waals surface area contributed by atoms with Gasteiger partial charge in [0.05, 0.1) is 7.11 Å². The predicted octanol–water partition coefficient (Wildman–Crippen LogP) is 5.58. The Labute approximate surface area is 164 Å². The molecule has 0 unspecified atom stereocenters. The first kappa shape index (κ1) is 27.6. The van der Waals surface area contributed by atoms with Crippen molar-refractivity contribution in [2.45, 2.75) is 110 Å². The normalized spacial score (nSPS) is 10.0. The van der Waals surface area contributed by atoms with Crippen LogP contribution in [0, 0.1) is 0 Å². The Kier molecular flexibility index (Phi) is 23.0. The lowest BCUT2D eigenvalue weighted by Crippen LogP contribution is -2.13. The maximum atomic E-state index is 10.3. The smallest absolute Gasteiger partial charge is 0.417 e. The molecule has 160 valence electrons. The van der Waals surface area contributed by atoms with Gasteiger partial charge in [-0.3, -0.25) is 4.79 Å². The molecule has 0 aromatic rings. The summed E-state index contributed by atoms with van der Waals surface area (Å²) in [5, 5.41) is 16.2. The molecule has 0 saturated carbocycles. The fraction of sp³-hybridized carbons (Fsp3) is 0.857. The molecule has 0 heterocycles. The maximum Gasteiger partial charge on any atom is 0.417 e. The van der Waals surface area contributed by atoms with Gasteiger partial charge in [-0.2, -0.15) is 0 Å². The van der Waals surface area contributed by atoms with Crippen LogP contribution in [0.15, 0.2) is 0 Å². The molecule has 0 fully saturated rings. The number of ether oxygens (including phenoxy) is 1. The monoisotopic (exact) mass is 388 g/mol. The molecule has 6 heteroatoms. The summed E-state index contributed by atoms with van der Waals surface area (Å²) in [6, 6.07) is 0. The zero-order valence-corrected chi connectivity index (χ0v) is 17.3. The lowest BCUT2D eigenvalue weighted by atomic mass is 10.0. The molecular formula is C21H40O6. The molecule has 0 spiro atoms. The summed E-state index contributed by atoms with van der Waals surface area (Å²) >= 11 is 0. The van der Waals surface area contributed by atoms with Gasteiger partial charge in [-0.1, -0.05) is 96.8 Å². The van der Waals surface area contributed by atoms with Crippen molar-refractivity contribution < 1.29 is 29.3 Å². The van der Waals surface area contributed by atoms with E-state index in [-0.39, 0.29) is 0 Å². The summed E-state index contributed by atoms with van der Waals surface area (Å²) in [4.78, 5) is 29.5. The Hall–Kier alpha value is -1.59. The zero-order valence-electron chi connectivity index (χ0n) is 17.3. The lowest BCUT2D eigenvalue weighted by Gasteiger charge is -2.03. The minimum absolute atomic E-state index is 0.345. The number of carbonyl (C=O) groups excluding carboxylic acids is 1. The van der Waals surface area contributed by atoms with E-state index in [0.29, 0.717) is 6.42 Å². The van der Waals surface area contributed by atoms with Gasteiger partial charge in [0.25, 0.3) is 0 Å². The Morgan fingerprint density at radius 2 is 0.963 bits per heavy atom. The summed E-state index contributed by atoms with van der Waals surface area (Å²) in [5.41, 5.74) is 0. The van der Waals surface area contributed by atoms with Gasteiger partial charge < -0.3 is 14.9 Å². The number of carboxylic acids is 2. The number of carbonyl (C=O) groups is 3. The van der Waals surface area contributed by atoms with Crippen molar-refractivity contribution in [1.29, 1.82) is 0 Å². The van der Waals surface area contributed by atoms with Crippen LogP contribution in [0.2, 0.25) is 0 Å². The Morgan fingerprint density at radius 3 is 1.19 bits per heavy atom. The molecule has 0 aromatic carbocycles. The van der Waals surface area contributed by atoms with Crippen LogP contribution < -0.4 is 0 Å². The highest BCUT2D eigenvalue weighted by atomic mass is 16.5. The van der Waals surface area contributed by atoms with E-state index in [0.717, 1.165) is 20.0 Å². The highest BCUT2D eigenvalue weighted by Gasteiger charge is 2.08. The van der Waals surface area contributed by atoms with E-state index in [1.165, 1.54) is 83.5 Å². The molecule has 0 aromatic heterocycles. The topological polar surface area (TPSA) is 101 Å². The van der Waals surface area contributed by atoms with Crippen molar-refractivity contribution in [3.05, 3.63) is 0 Å². The van der Waals surface area contributed by atoms with Gasteiger partial charge in [0.15, 0.2) is 0 Å². The molecule has 0 atom stereocenters. The standard InChI is InChI=1S/C18H36O2.C3H4O4/c1-2-3-4-5-6-7-8-9-10-11-12-13-14-15-16-17-18(19)20;1-7-3(6)2(4)5/h2-17H2,1H3,(H,19,20);1H3,(H,4,5). The van der Waals surface area contributed by atoms with Crippen LogP contribution in [0.5, 0.6) is 0 Å². The first-order valence-electron chi connectivity index (χ1n) is 10.5. The van der Waals surface area contributed by atoms with Crippen LogP contribution in [-0.4, -0.2) is 35.2 Å². The number of methoxy groups -OCH3 is 1. The Balaban J connectivity index is 0. The van der Waals surface area contributed by atoms with Crippen molar-refractivity contribution >= 4 is 17.9 Å². The molecule has 0 aliphatic heterocycles. The second kappa shape index (κ2) is 22.5. The van der Waals surface area contributed by atoms with Gasteiger partial charge in [0, 0.05) is 6.42 Å². The number of esters is 1. The average Bonchev–Trinajstić information content (AvgIpc) is 2.64. The molecule has 0 amide bonds.